The third-order valence-corrected chi connectivity index (χ3v) is 2.01. The monoisotopic (exact) mass is 218 g/mol. The van der Waals surface area contributed by atoms with Gasteiger partial charge in [0.1, 0.15) is 6.04 Å². The van der Waals surface area contributed by atoms with Gasteiger partial charge in [-0.2, -0.15) is 0 Å². The normalized spacial score (nSPS) is 15.5. The smallest absolute Gasteiger partial charge is 0.328 e. The molecule has 0 spiro atoms. The zero-order valence-electron chi connectivity index (χ0n) is 9.15. The number of rotatable bonds is 4. The summed E-state index contributed by atoms with van der Waals surface area (Å²) in [5, 5.41) is 19.4. The van der Waals surface area contributed by atoms with Crippen molar-refractivity contribution < 1.29 is 19.8 Å². The molecule has 88 valence electrons. The molecule has 0 heterocycles. The summed E-state index contributed by atoms with van der Waals surface area (Å²) in [5.41, 5.74) is 5.16. The molecule has 0 aromatic carbocycles. The van der Waals surface area contributed by atoms with Crippen LogP contribution in [0.1, 0.15) is 20.8 Å². The quantitative estimate of drug-likeness (QED) is 0.479. The number of nitrogens with one attached hydrogen (secondary N) is 1. The Morgan fingerprint density at radius 1 is 1.40 bits per heavy atom. The van der Waals surface area contributed by atoms with E-state index in [1.54, 1.807) is 20.8 Å². The molecule has 0 aliphatic carbocycles. The van der Waals surface area contributed by atoms with Crippen LogP contribution in [0.3, 0.4) is 0 Å². The van der Waals surface area contributed by atoms with Crippen LogP contribution in [0.4, 0.5) is 0 Å². The lowest BCUT2D eigenvalue weighted by Crippen LogP contribution is -2.54. The number of nitrogens with two attached hydrogens (primary N) is 1. The van der Waals surface area contributed by atoms with Crippen LogP contribution in [0, 0.1) is 5.41 Å². The molecule has 2 atom stereocenters. The minimum absolute atomic E-state index is 0.456. The van der Waals surface area contributed by atoms with Gasteiger partial charge in [-0.15, -0.1) is 0 Å². The van der Waals surface area contributed by atoms with Crippen molar-refractivity contribution in [2.24, 2.45) is 11.1 Å². The van der Waals surface area contributed by atoms with Crippen LogP contribution in [0.25, 0.3) is 0 Å². The van der Waals surface area contributed by atoms with E-state index in [0.717, 1.165) is 0 Å². The summed E-state index contributed by atoms with van der Waals surface area (Å²) in [5.74, 6) is -1.86. The Hall–Kier alpha value is -1.14. The Kier molecular flexibility index (Phi) is 4.70. The van der Waals surface area contributed by atoms with E-state index in [2.05, 4.69) is 5.32 Å². The second-order valence-corrected chi connectivity index (χ2v) is 4.43. The number of aliphatic hydroxyl groups is 1. The summed E-state index contributed by atoms with van der Waals surface area (Å²) in [6.07, 6.45) is 0. The highest BCUT2D eigenvalue weighted by Crippen LogP contribution is 2.17. The third-order valence-electron chi connectivity index (χ3n) is 2.01. The first kappa shape index (κ1) is 13.9. The number of hydrogen-bond donors (Lipinski definition) is 4. The number of carbonyl (C=O) groups is 2. The number of carbonyl (C=O) groups excluding carboxylic acids is 1. The average Bonchev–Trinajstić information content (AvgIpc) is 2.10. The number of amides is 1. The lowest BCUT2D eigenvalue weighted by molar-refractivity contribution is -0.143. The van der Waals surface area contributed by atoms with Crippen molar-refractivity contribution in [2.75, 3.05) is 6.61 Å². The third kappa shape index (κ3) is 4.26. The Morgan fingerprint density at radius 3 is 2.13 bits per heavy atom. The van der Waals surface area contributed by atoms with Gasteiger partial charge in [0.15, 0.2) is 0 Å². The van der Waals surface area contributed by atoms with Crippen molar-refractivity contribution >= 4 is 11.9 Å². The second kappa shape index (κ2) is 5.09. The van der Waals surface area contributed by atoms with E-state index in [-0.39, 0.29) is 0 Å². The highest BCUT2D eigenvalue weighted by Gasteiger charge is 2.30. The molecule has 0 fully saturated rings. The van der Waals surface area contributed by atoms with Crippen molar-refractivity contribution in [1.29, 1.82) is 0 Å². The van der Waals surface area contributed by atoms with Crippen LogP contribution in [0.5, 0.6) is 0 Å². The molecule has 0 aliphatic heterocycles. The van der Waals surface area contributed by atoms with E-state index in [4.69, 9.17) is 15.9 Å². The van der Waals surface area contributed by atoms with Gasteiger partial charge in [-0.3, -0.25) is 4.79 Å². The fourth-order valence-corrected chi connectivity index (χ4v) is 0.840. The highest BCUT2D eigenvalue weighted by atomic mass is 16.4. The summed E-state index contributed by atoms with van der Waals surface area (Å²) in [6, 6.07) is -2.11. The van der Waals surface area contributed by atoms with Gasteiger partial charge in [0.2, 0.25) is 5.91 Å². The first-order valence-electron chi connectivity index (χ1n) is 4.59. The summed E-state index contributed by atoms with van der Waals surface area (Å²) in [7, 11) is 0. The van der Waals surface area contributed by atoms with E-state index in [0.29, 0.717) is 0 Å². The Balaban J connectivity index is 4.42. The SMILES string of the molecule is CC(C)(C)[C@@H](N)C(=O)N[C@H](CO)C(=O)O. The average molecular weight is 218 g/mol. The lowest BCUT2D eigenvalue weighted by atomic mass is 9.87. The van der Waals surface area contributed by atoms with Gasteiger partial charge in [-0.1, -0.05) is 20.8 Å². The van der Waals surface area contributed by atoms with Crippen LogP contribution < -0.4 is 11.1 Å². The molecular formula is C9H18N2O4. The van der Waals surface area contributed by atoms with E-state index in [1.165, 1.54) is 0 Å². The van der Waals surface area contributed by atoms with Gasteiger partial charge in [0.05, 0.1) is 12.6 Å². The van der Waals surface area contributed by atoms with Crippen LogP contribution in [-0.2, 0) is 9.59 Å². The lowest BCUT2D eigenvalue weighted by Gasteiger charge is -2.26. The van der Waals surface area contributed by atoms with E-state index in [1.807, 2.05) is 0 Å². The van der Waals surface area contributed by atoms with Crippen LogP contribution in [0.2, 0.25) is 0 Å². The van der Waals surface area contributed by atoms with Gasteiger partial charge >= 0.3 is 5.97 Å². The molecule has 5 N–H and O–H groups in total. The predicted octanol–water partition coefficient (Wildman–Crippen LogP) is -1.08. The number of carboxylic acids is 1. The van der Waals surface area contributed by atoms with Gasteiger partial charge in [0.25, 0.3) is 0 Å². The molecular weight excluding hydrogens is 200 g/mol. The van der Waals surface area contributed by atoms with Gasteiger partial charge in [-0.25, -0.2) is 4.79 Å². The molecule has 0 saturated carbocycles. The second-order valence-electron chi connectivity index (χ2n) is 4.43. The molecule has 0 aromatic heterocycles. The molecule has 6 heteroatoms. The minimum atomic E-state index is -1.30. The van der Waals surface area contributed by atoms with E-state index >= 15 is 0 Å². The van der Waals surface area contributed by atoms with Crippen molar-refractivity contribution in [3.63, 3.8) is 0 Å². The van der Waals surface area contributed by atoms with Crippen molar-refractivity contribution in [1.82, 2.24) is 5.32 Å². The molecule has 1 amide bonds. The van der Waals surface area contributed by atoms with Gasteiger partial charge in [0, 0.05) is 0 Å². The molecule has 0 rings (SSSR count). The molecule has 0 saturated heterocycles. The Morgan fingerprint density at radius 2 is 1.87 bits per heavy atom. The largest absolute Gasteiger partial charge is 0.480 e. The maximum Gasteiger partial charge on any atom is 0.328 e. The number of carboxylic acid groups (broad SMARTS) is 1. The zero-order chi connectivity index (χ0) is 12.2. The topological polar surface area (TPSA) is 113 Å². The first-order valence-corrected chi connectivity index (χ1v) is 4.59. The number of aliphatic hydroxyl groups excluding tert-OH is 1. The molecule has 0 radical (unpaired) electrons. The first-order chi connectivity index (χ1) is 6.70. The molecule has 6 nitrogen and oxygen atoms in total. The maximum atomic E-state index is 11.5. The fourth-order valence-electron chi connectivity index (χ4n) is 0.840. The van der Waals surface area contributed by atoms with E-state index < -0.39 is 36.0 Å². The Bertz CT molecular complexity index is 247. The van der Waals surface area contributed by atoms with Crippen LogP contribution in [0.15, 0.2) is 0 Å². The van der Waals surface area contributed by atoms with Crippen LogP contribution in [-0.4, -0.2) is 40.8 Å². The molecule has 0 unspecified atom stereocenters. The zero-order valence-corrected chi connectivity index (χ0v) is 9.15. The Labute approximate surface area is 88.5 Å². The van der Waals surface area contributed by atoms with Gasteiger partial charge < -0.3 is 21.3 Å². The standard InChI is InChI=1S/C9H18N2O4/c1-9(2,3)6(10)7(13)11-5(4-12)8(14)15/h5-6,12H,4,10H2,1-3H3,(H,11,13)(H,14,15)/t5-,6+/m1/s1. The minimum Gasteiger partial charge on any atom is -0.480 e. The molecule has 0 bridgehead atoms. The predicted molar refractivity (Wildman–Crippen MR) is 54.1 cm³/mol. The fraction of sp³-hybridized carbons (Fsp3) is 0.778. The summed E-state index contributed by atoms with van der Waals surface area (Å²) in [4.78, 5) is 22.0. The highest BCUT2D eigenvalue weighted by molar-refractivity contribution is 5.87. The molecule has 0 aliphatic rings. The summed E-state index contributed by atoms with van der Waals surface area (Å²) >= 11 is 0. The van der Waals surface area contributed by atoms with Crippen molar-refractivity contribution in [3.8, 4) is 0 Å². The maximum absolute atomic E-state index is 11.5. The van der Waals surface area contributed by atoms with Gasteiger partial charge in [-0.05, 0) is 5.41 Å². The molecule has 0 aromatic rings. The van der Waals surface area contributed by atoms with E-state index in [9.17, 15) is 9.59 Å². The summed E-state index contributed by atoms with van der Waals surface area (Å²) < 4.78 is 0. The summed E-state index contributed by atoms with van der Waals surface area (Å²) in [6.45, 7) is 4.65. The van der Waals surface area contributed by atoms with Crippen molar-refractivity contribution in [3.05, 3.63) is 0 Å². The van der Waals surface area contributed by atoms with Crippen molar-refractivity contribution in [2.45, 2.75) is 32.9 Å². The number of aliphatic carboxylic acids is 1. The number of hydrogen-bond acceptors (Lipinski definition) is 4. The molecule has 15 heavy (non-hydrogen) atoms. The van der Waals surface area contributed by atoms with Crippen LogP contribution >= 0.6 is 0 Å².